The van der Waals surface area contributed by atoms with Gasteiger partial charge in [0.05, 0.1) is 0 Å². The van der Waals surface area contributed by atoms with E-state index in [4.69, 9.17) is 21.8 Å². The van der Waals surface area contributed by atoms with Crippen LogP contribution in [0.5, 0.6) is 0 Å². The maximum absolute atomic E-state index is 6.82. The maximum Gasteiger partial charge on any atom is 0.493 e. The second-order valence-electron chi connectivity index (χ2n) is 9.57. The Morgan fingerprint density at radius 3 is 1.47 bits per heavy atom. The predicted molar refractivity (Wildman–Crippen MR) is 152 cm³/mol. The van der Waals surface area contributed by atoms with Gasteiger partial charge in [0.1, 0.15) is 0 Å². The van der Waals surface area contributed by atoms with Gasteiger partial charge in [0.25, 0.3) is 0 Å². The van der Waals surface area contributed by atoms with Gasteiger partial charge in [-0.1, -0.05) is 73.8 Å². The molecule has 4 unspecified atom stereocenters. The number of hydrogen-bond acceptors (Lipinski definition) is 5. The van der Waals surface area contributed by atoms with Crippen LogP contribution in [-0.4, -0.2) is 44.0 Å². The Morgan fingerprint density at radius 1 is 0.750 bits per heavy atom. The van der Waals surface area contributed by atoms with Gasteiger partial charge in [-0.15, -0.1) is 0 Å². The lowest BCUT2D eigenvalue weighted by Gasteiger charge is -2.42. The fourth-order valence-electron chi connectivity index (χ4n) is 4.72. The first-order chi connectivity index (χ1) is 17.3. The highest BCUT2D eigenvalue weighted by Crippen LogP contribution is 2.33. The molecular weight excluding hydrogens is 484 g/mol. The zero-order chi connectivity index (χ0) is 26.0. The molecule has 0 amide bonds. The van der Waals surface area contributed by atoms with Crippen molar-refractivity contribution in [1.82, 2.24) is 0 Å². The highest BCUT2D eigenvalue weighted by Gasteiger charge is 2.55. The van der Waals surface area contributed by atoms with E-state index in [9.17, 15) is 0 Å². The van der Waals surface area contributed by atoms with E-state index < -0.39 is 17.6 Å². The van der Waals surface area contributed by atoms with Crippen molar-refractivity contribution < 1.29 is 21.8 Å². The third-order valence-electron chi connectivity index (χ3n) is 6.69. The van der Waals surface area contributed by atoms with Gasteiger partial charge >= 0.3 is 17.6 Å². The molecule has 0 N–H and O–H groups in total. The van der Waals surface area contributed by atoms with Crippen molar-refractivity contribution in [1.29, 1.82) is 0 Å². The lowest BCUT2D eigenvalue weighted by atomic mass is 10.1. The minimum Gasteiger partial charge on any atom is -0.377 e. The van der Waals surface area contributed by atoms with Crippen LogP contribution in [0.25, 0.3) is 12.2 Å². The van der Waals surface area contributed by atoms with Crippen molar-refractivity contribution >= 4 is 29.8 Å². The maximum atomic E-state index is 6.82. The Balaban J connectivity index is 1.70. The van der Waals surface area contributed by atoms with Gasteiger partial charge in [0.2, 0.25) is 0 Å². The van der Waals surface area contributed by atoms with Crippen molar-refractivity contribution in [2.24, 2.45) is 0 Å². The van der Waals surface area contributed by atoms with E-state index in [1.807, 2.05) is 12.2 Å². The predicted octanol–water partition coefficient (Wildman–Crippen LogP) is 6.94. The van der Waals surface area contributed by atoms with Crippen LogP contribution in [-0.2, 0) is 34.7 Å². The first-order valence-electron chi connectivity index (χ1n) is 12.9. The highest BCUT2D eigenvalue weighted by molar-refractivity contribution is 6.75. The molecule has 2 aromatic carbocycles. The van der Waals surface area contributed by atoms with E-state index in [2.05, 4.69) is 75.5 Å². The molecule has 1 fully saturated rings. The van der Waals surface area contributed by atoms with E-state index in [0.717, 1.165) is 55.3 Å². The number of rotatable bonds is 12. The molecular formula is C29H42O5Si2. The summed E-state index contributed by atoms with van der Waals surface area (Å²) in [4.78, 5) is 0. The van der Waals surface area contributed by atoms with Crippen LogP contribution in [0.4, 0.5) is 0 Å². The van der Waals surface area contributed by atoms with Gasteiger partial charge in [-0.05, 0) is 68.2 Å². The number of aryl methyl sites for hydroxylation is 2. The summed E-state index contributed by atoms with van der Waals surface area (Å²) in [6, 6.07) is 18.4. The highest BCUT2D eigenvalue weighted by atomic mass is 28.5. The molecule has 0 saturated carbocycles. The van der Waals surface area contributed by atoms with Crippen molar-refractivity contribution in [3.63, 3.8) is 0 Å². The fraction of sp³-hybridized carbons (Fsp3) is 0.448. The summed E-state index contributed by atoms with van der Waals surface area (Å²) in [6.45, 7) is 11.8. The Hall–Kier alpha value is -1.85. The summed E-state index contributed by atoms with van der Waals surface area (Å²) in [5.41, 5.74) is 4.81. The fourth-order valence-corrected chi connectivity index (χ4v) is 12.0. The number of hydrogen-bond donors (Lipinski definition) is 0. The molecule has 0 spiro atoms. The molecule has 1 aliphatic heterocycles. The second-order valence-corrected chi connectivity index (χ2v) is 15.4. The Morgan fingerprint density at radius 2 is 1.14 bits per heavy atom. The summed E-state index contributed by atoms with van der Waals surface area (Å²) in [5.74, 6) is 0. The smallest absolute Gasteiger partial charge is 0.377 e. The molecule has 0 bridgehead atoms. The molecule has 1 saturated heterocycles. The summed E-state index contributed by atoms with van der Waals surface area (Å²) >= 11 is 0. The molecule has 1 heterocycles. The summed E-state index contributed by atoms with van der Waals surface area (Å²) in [6.07, 6.45) is 8.15. The summed E-state index contributed by atoms with van der Waals surface area (Å²) < 4.78 is 32.1. The van der Waals surface area contributed by atoms with Gasteiger partial charge in [-0.25, -0.2) is 0 Å². The second kappa shape index (κ2) is 13.6. The number of benzene rings is 2. The van der Waals surface area contributed by atoms with Crippen molar-refractivity contribution in [3.05, 3.63) is 83.9 Å². The van der Waals surface area contributed by atoms with E-state index >= 15 is 0 Å². The monoisotopic (exact) mass is 526 g/mol. The van der Waals surface area contributed by atoms with Crippen LogP contribution < -0.4 is 0 Å². The minimum absolute atomic E-state index is 0.00859. The quantitative estimate of drug-likeness (QED) is 0.280. The first-order valence-corrected chi connectivity index (χ1v) is 16.8. The summed E-state index contributed by atoms with van der Waals surface area (Å²) in [5, 5.41) is 0. The van der Waals surface area contributed by atoms with Gasteiger partial charge < -0.3 is 21.8 Å². The zero-order valence-electron chi connectivity index (χ0n) is 22.3. The van der Waals surface area contributed by atoms with Crippen LogP contribution in [0.1, 0.15) is 55.4 Å². The van der Waals surface area contributed by atoms with Crippen LogP contribution in [0.2, 0.25) is 12.1 Å². The molecule has 4 atom stereocenters. The molecule has 2 aromatic rings. The Labute approximate surface area is 219 Å². The van der Waals surface area contributed by atoms with Crippen LogP contribution in [0.15, 0.2) is 61.7 Å². The van der Waals surface area contributed by atoms with E-state index in [-0.39, 0.29) is 12.2 Å². The topological polar surface area (TPSA) is 46.2 Å². The third kappa shape index (κ3) is 8.08. The molecule has 0 aromatic heterocycles. The van der Waals surface area contributed by atoms with Gasteiger partial charge in [0.15, 0.2) is 0 Å². The molecule has 196 valence electrons. The van der Waals surface area contributed by atoms with E-state index in [0.29, 0.717) is 0 Å². The first kappa shape index (κ1) is 28.7. The van der Waals surface area contributed by atoms with Crippen LogP contribution in [0.3, 0.4) is 0 Å². The van der Waals surface area contributed by atoms with Crippen molar-refractivity contribution in [2.75, 3.05) is 14.2 Å². The van der Waals surface area contributed by atoms with Crippen molar-refractivity contribution in [2.45, 2.75) is 70.2 Å². The molecule has 0 aliphatic carbocycles. The Kier molecular flexibility index (Phi) is 10.9. The average Bonchev–Trinajstić information content (AvgIpc) is 2.88. The minimum atomic E-state index is -3.02. The molecule has 1 aliphatic rings. The van der Waals surface area contributed by atoms with Gasteiger partial charge in [0, 0.05) is 38.5 Å². The summed E-state index contributed by atoms with van der Waals surface area (Å²) in [7, 11) is -2.62. The van der Waals surface area contributed by atoms with E-state index in [1.54, 1.807) is 14.2 Å². The van der Waals surface area contributed by atoms with Crippen LogP contribution >= 0.6 is 0 Å². The standard InChI is InChI=1S/C29H42O5Si2/c1-7-26-13-17-28(18-14-26)11-9-21-35(30-5)32-24(3)23-25(4)33-36(31-6,34-35)22-10-12-29-19-15-27(8-2)16-20-29/h7-8,13-20,24-25H,1-2,9-12,21-23H2,3-6H3. The lowest BCUT2D eigenvalue weighted by molar-refractivity contribution is -0.0161. The van der Waals surface area contributed by atoms with E-state index in [1.165, 1.54) is 11.1 Å². The average molecular weight is 527 g/mol. The molecule has 0 radical (unpaired) electrons. The lowest BCUT2D eigenvalue weighted by Crippen LogP contribution is -2.61. The van der Waals surface area contributed by atoms with Gasteiger partial charge in [-0.2, -0.15) is 0 Å². The molecule has 5 nitrogen and oxygen atoms in total. The SMILES string of the molecule is C=Cc1ccc(CCC[Si]2(OC)OC(C)CC(C)O[Si](CCCc3ccc(C=C)cc3)(OC)O2)cc1. The largest absolute Gasteiger partial charge is 0.493 e. The normalized spacial score (nSPS) is 26.7. The zero-order valence-corrected chi connectivity index (χ0v) is 24.3. The van der Waals surface area contributed by atoms with Crippen LogP contribution in [0, 0.1) is 0 Å². The molecule has 7 heteroatoms. The Bertz CT molecular complexity index is 887. The third-order valence-corrected chi connectivity index (χ3v) is 13.9. The van der Waals surface area contributed by atoms with Gasteiger partial charge in [-0.3, -0.25) is 0 Å². The molecule has 36 heavy (non-hydrogen) atoms. The molecule has 3 rings (SSSR count). The van der Waals surface area contributed by atoms with Crippen molar-refractivity contribution in [3.8, 4) is 0 Å².